The topological polar surface area (TPSA) is 207 Å². The highest BCUT2D eigenvalue weighted by Crippen LogP contribution is 2.66. The van der Waals surface area contributed by atoms with Crippen molar-refractivity contribution in [3.8, 4) is 0 Å². The number of carbonyl (C=O) groups is 1. The standard InChI is InChI=1S/C30H51N5O7/c1-16(33-34-27(31)32)20-7-8-21-19-6-5-17-13-18(9-11-29(17,2)22(19)10-12-30(20,21)3)42-28(41)35(4)14-23(37)25(39)26(40)24(38)15-36/h5,18-26,36-40H,6-15H2,1-4H3,(H4,31,32,34)/b33-16+. The third kappa shape index (κ3) is 6.19. The van der Waals surface area contributed by atoms with Gasteiger partial charge in [-0.15, -0.1) is 5.10 Å². The van der Waals surface area contributed by atoms with E-state index in [-0.39, 0.29) is 29.4 Å². The number of fused-ring (bicyclic) bond motifs is 5. The summed E-state index contributed by atoms with van der Waals surface area (Å²) >= 11 is 0. The molecule has 0 aromatic heterocycles. The molecule has 4 aliphatic carbocycles. The second kappa shape index (κ2) is 12.8. The van der Waals surface area contributed by atoms with Gasteiger partial charge in [0.1, 0.15) is 30.5 Å². The van der Waals surface area contributed by atoms with Crippen LogP contribution in [-0.4, -0.2) is 98.9 Å². The van der Waals surface area contributed by atoms with Crippen molar-refractivity contribution >= 4 is 17.8 Å². The van der Waals surface area contributed by atoms with Gasteiger partial charge in [-0.2, -0.15) is 5.10 Å². The van der Waals surface area contributed by atoms with E-state index in [0.29, 0.717) is 30.1 Å². The predicted octanol–water partition coefficient (Wildman–Crippen LogP) is 1.09. The molecule has 12 nitrogen and oxygen atoms in total. The number of aliphatic hydroxyl groups excluding tert-OH is 5. The van der Waals surface area contributed by atoms with Crippen molar-refractivity contribution in [1.82, 2.24) is 4.90 Å². The van der Waals surface area contributed by atoms with Crippen molar-refractivity contribution in [3.63, 3.8) is 0 Å². The Labute approximate surface area is 248 Å². The number of carbonyl (C=O) groups excluding carboxylic acids is 1. The summed E-state index contributed by atoms with van der Waals surface area (Å²) < 4.78 is 5.82. The first kappa shape index (κ1) is 32.7. The van der Waals surface area contributed by atoms with Crippen molar-refractivity contribution in [2.24, 2.45) is 56.2 Å². The maximum Gasteiger partial charge on any atom is 0.409 e. The lowest BCUT2D eigenvalue weighted by Gasteiger charge is -2.58. The van der Waals surface area contributed by atoms with Crippen LogP contribution in [0.3, 0.4) is 0 Å². The summed E-state index contributed by atoms with van der Waals surface area (Å²) in [7, 11) is 1.45. The Kier molecular flexibility index (Phi) is 9.93. The van der Waals surface area contributed by atoms with Crippen LogP contribution in [0.4, 0.5) is 4.79 Å². The molecule has 0 radical (unpaired) electrons. The van der Waals surface area contributed by atoms with Crippen LogP contribution in [0.25, 0.3) is 0 Å². The van der Waals surface area contributed by atoms with Gasteiger partial charge in [-0.3, -0.25) is 0 Å². The number of rotatable bonds is 9. The fourth-order valence-electron chi connectivity index (χ4n) is 8.88. The fourth-order valence-corrected chi connectivity index (χ4v) is 8.88. The molecular weight excluding hydrogens is 542 g/mol. The number of hydrogen-bond donors (Lipinski definition) is 7. The van der Waals surface area contributed by atoms with Crippen LogP contribution < -0.4 is 11.5 Å². The Morgan fingerprint density at radius 2 is 1.74 bits per heavy atom. The zero-order valence-electron chi connectivity index (χ0n) is 25.4. The highest BCUT2D eigenvalue weighted by Gasteiger charge is 2.59. The third-order valence-electron chi connectivity index (χ3n) is 11.3. The predicted molar refractivity (Wildman–Crippen MR) is 158 cm³/mol. The van der Waals surface area contributed by atoms with E-state index in [2.05, 4.69) is 30.1 Å². The molecule has 3 fully saturated rings. The van der Waals surface area contributed by atoms with Gasteiger partial charge >= 0.3 is 6.09 Å². The van der Waals surface area contributed by atoms with Crippen LogP contribution in [0.1, 0.15) is 72.1 Å². The first-order chi connectivity index (χ1) is 19.7. The van der Waals surface area contributed by atoms with Gasteiger partial charge in [-0.05, 0) is 80.5 Å². The lowest BCUT2D eigenvalue weighted by Crippen LogP contribution is -2.51. The monoisotopic (exact) mass is 593 g/mol. The maximum atomic E-state index is 12.8. The van der Waals surface area contributed by atoms with E-state index in [9.17, 15) is 25.2 Å². The SMILES string of the molecule is C/C(=N\N=C(N)N)C1CCC2C3CC=C4CC(OC(=O)N(C)CC(O)C(O)C(O)C(O)CO)CCC4(C)C3CCC12C. The first-order valence-corrected chi connectivity index (χ1v) is 15.3. The number of nitrogens with two attached hydrogens (primary N) is 2. The molecule has 1 amide bonds. The molecule has 238 valence electrons. The largest absolute Gasteiger partial charge is 0.446 e. The molecule has 0 saturated heterocycles. The highest BCUT2D eigenvalue weighted by molar-refractivity contribution is 5.86. The van der Waals surface area contributed by atoms with Gasteiger partial charge in [-0.1, -0.05) is 25.5 Å². The summed E-state index contributed by atoms with van der Waals surface area (Å²) in [5.41, 5.74) is 13.7. The number of guanidine groups is 1. The number of hydrogen-bond acceptors (Lipinski definition) is 9. The van der Waals surface area contributed by atoms with Gasteiger partial charge in [-0.25, -0.2) is 4.79 Å². The van der Waals surface area contributed by atoms with Gasteiger partial charge in [0, 0.05) is 25.1 Å². The summed E-state index contributed by atoms with van der Waals surface area (Å²) in [6, 6.07) is 0. The molecule has 0 aliphatic heterocycles. The second-order valence-electron chi connectivity index (χ2n) is 13.6. The minimum absolute atomic E-state index is 0.0187. The Bertz CT molecular complexity index is 1080. The Morgan fingerprint density at radius 1 is 1.05 bits per heavy atom. The normalized spacial score (nSPS) is 37.2. The van der Waals surface area contributed by atoms with Gasteiger partial charge in [0.15, 0.2) is 0 Å². The van der Waals surface area contributed by atoms with Crippen LogP contribution in [0.2, 0.25) is 0 Å². The average Bonchev–Trinajstić information content (AvgIpc) is 3.31. The minimum atomic E-state index is -1.75. The molecule has 0 aromatic carbocycles. The van der Waals surface area contributed by atoms with E-state index >= 15 is 0 Å². The summed E-state index contributed by atoms with van der Waals surface area (Å²) in [6.45, 7) is 5.80. The van der Waals surface area contributed by atoms with Crippen LogP contribution >= 0.6 is 0 Å². The van der Waals surface area contributed by atoms with Gasteiger partial charge in [0.05, 0.1) is 13.2 Å². The van der Waals surface area contributed by atoms with Crippen molar-refractivity contribution in [2.75, 3.05) is 20.2 Å². The molecule has 4 rings (SSSR count). The smallest absolute Gasteiger partial charge is 0.409 e. The summed E-state index contributed by atoms with van der Waals surface area (Å²) in [4.78, 5) is 14.0. The molecule has 4 aliphatic rings. The molecule has 11 atom stereocenters. The number of nitrogens with zero attached hydrogens (tertiary/aromatic N) is 3. The van der Waals surface area contributed by atoms with Crippen LogP contribution in [0.15, 0.2) is 21.9 Å². The van der Waals surface area contributed by atoms with E-state index < -0.39 is 37.1 Å². The van der Waals surface area contributed by atoms with Crippen molar-refractivity contribution in [2.45, 2.75) is 103 Å². The Hall–Kier alpha value is -2.25. The molecule has 42 heavy (non-hydrogen) atoms. The first-order valence-electron chi connectivity index (χ1n) is 15.3. The average molecular weight is 594 g/mol. The van der Waals surface area contributed by atoms with Crippen LogP contribution in [-0.2, 0) is 4.74 Å². The van der Waals surface area contributed by atoms with Crippen LogP contribution in [0, 0.1) is 34.5 Å². The van der Waals surface area contributed by atoms with Crippen LogP contribution in [0.5, 0.6) is 0 Å². The summed E-state index contributed by atoms with van der Waals surface area (Å²) in [6.07, 6.45) is 2.86. The second-order valence-corrected chi connectivity index (χ2v) is 13.6. The zero-order valence-corrected chi connectivity index (χ0v) is 25.4. The number of aliphatic hydroxyl groups is 5. The van der Waals surface area contributed by atoms with E-state index in [1.165, 1.54) is 19.0 Å². The zero-order chi connectivity index (χ0) is 31.0. The summed E-state index contributed by atoms with van der Waals surface area (Å²) in [5.74, 6) is 2.16. The van der Waals surface area contributed by atoms with Gasteiger partial charge in [0.25, 0.3) is 0 Å². The lowest BCUT2D eigenvalue weighted by atomic mass is 9.47. The molecule has 12 heteroatoms. The molecular formula is C30H51N5O7. The van der Waals surface area contributed by atoms with Crippen molar-refractivity contribution in [1.29, 1.82) is 0 Å². The number of likely N-dealkylation sites (N-methyl/N-ethyl adjacent to an activating group) is 1. The van der Waals surface area contributed by atoms with Gasteiger partial charge in [0.2, 0.25) is 5.96 Å². The molecule has 9 N–H and O–H groups in total. The Balaban J connectivity index is 1.38. The van der Waals surface area contributed by atoms with Gasteiger partial charge < -0.3 is 46.6 Å². The molecule has 3 saturated carbocycles. The molecule has 0 spiro atoms. The van der Waals surface area contributed by atoms with E-state index in [1.54, 1.807) is 0 Å². The minimum Gasteiger partial charge on any atom is -0.446 e. The number of ether oxygens (including phenoxy) is 1. The van der Waals surface area contributed by atoms with Crippen molar-refractivity contribution in [3.05, 3.63) is 11.6 Å². The quantitative estimate of drug-likeness (QED) is 0.0882. The number of allylic oxidation sites excluding steroid dienone is 1. The summed E-state index contributed by atoms with van der Waals surface area (Å²) in [5, 5.41) is 56.9. The molecule has 0 aromatic rings. The van der Waals surface area contributed by atoms with E-state index in [4.69, 9.17) is 21.3 Å². The van der Waals surface area contributed by atoms with E-state index in [1.807, 2.05) is 6.92 Å². The number of amides is 1. The Morgan fingerprint density at radius 3 is 2.40 bits per heavy atom. The maximum absolute atomic E-state index is 12.8. The van der Waals surface area contributed by atoms with E-state index in [0.717, 1.165) is 49.1 Å². The molecule has 11 unspecified atom stereocenters. The molecule has 0 bridgehead atoms. The van der Waals surface area contributed by atoms with Crippen molar-refractivity contribution < 1.29 is 35.1 Å². The third-order valence-corrected chi connectivity index (χ3v) is 11.3. The highest BCUT2D eigenvalue weighted by atomic mass is 16.6. The lowest BCUT2D eigenvalue weighted by molar-refractivity contribution is -0.118. The molecule has 0 heterocycles. The fraction of sp³-hybridized carbons (Fsp3) is 0.833.